The summed E-state index contributed by atoms with van der Waals surface area (Å²) in [5, 5.41) is 3.48. The first kappa shape index (κ1) is 11.7. The van der Waals surface area contributed by atoms with E-state index >= 15 is 0 Å². The first-order chi connectivity index (χ1) is 8.08. The van der Waals surface area contributed by atoms with Crippen molar-refractivity contribution >= 4 is 28.7 Å². The molecule has 3 N–H and O–H groups in total. The Morgan fingerprint density at radius 1 is 1.18 bits per heavy atom. The predicted molar refractivity (Wildman–Crippen MR) is 70.3 cm³/mol. The summed E-state index contributed by atoms with van der Waals surface area (Å²) in [5.74, 6) is -0.344. The second kappa shape index (κ2) is 4.63. The van der Waals surface area contributed by atoms with Crippen LogP contribution in [0, 0.1) is 12.7 Å². The van der Waals surface area contributed by atoms with Gasteiger partial charge in [0.05, 0.1) is 22.1 Å². The fraction of sp³-hybridized carbons (Fsp3) is 0.0769. The number of para-hydroxylation sites is 1. The Bertz CT molecular complexity index is 555. The molecular formula is C13H12ClFN2. The molecule has 2 nitrogen and oxygen atoms in total. The van der Waals surface area contributed by atoms with Crippen molar-refractivity contribution in [3.8, 4) is 0 Å². The van der Waals surface area contributed by atoms with Gasteiger partial charge in [-0.2, -0.15) is 0 Å². The molecule has 0 atom stereocenters. The van der Waals surface area contributed by atoms with Gasteiger partial charge in [0, 0.05) is 0 Å². The molecule has 17 heavy (non-hydrogen) atoms. The zero-order valence-corrected chi connectivity index (χ0v) is 10.1. The number of rotatable bonds is 2. The van der Waals surface area contributed by atoms with Crippen LogP contribution >= 0.6 is 11.6 Å². The maximum absolute atomic E-state index is 13.1. The zero-order valence-electron chi connectivity index (χ0n) is 9.30. The summed E-state index contributed by atoms with van der Waals surface area (Å²) < 4.78 is 13.1. The van der Waals surface area contributed by atoms with Gasteiger partial charge in [-0.25, -0.2) is 4.39 Å². The molecule has 0 heterocycles. The Kier molecular flexibility index (Phi) is 3.20. The van der Waals surface area contributed by atoms with Gasteiger partial charge in [0.15, 0.2) is 0 Å². The van der Waals surface area contributed by atoms with E-state index < -0.39 is 0 Å². The summed E-state index contributed by atoms with van der Waals surface area (Å²) in [6, 6.07) is 9.76. The molecule has 0 amide bonds. The molecule has 0 aromatic heterocycles. The van der Waals surface area contributed by atoms with E-state index in [4.69, 9.17) is 17.3 Å². The Hall–Kier alpha value is -1.74. The van der Waals surface area contributed by atoms with E-state index in [1.165, 1.54) is 18.2 Å². The minimum absolute atomic E-state index is 0.344. The minimum Gasteiger partial charge on any atom is -0.397 e. The van der Waals surface area contributed by atoms with E-state index in [-0.39, 0.29) is 5.82 Å². The predicted octanol–water partition coefficient (Wildman–Crippen LogP) is 4.11. The van der Waals surface area contributed by atoms with Crippen LogP contribution in [0.15, 0.2) is 36.4 Å². The van der Waals surface area contributed by atoms with Crippen LogP contribution in [0.1, 0.15) is 5.56 Å². The number of nitrogens with one attached hydrogen (secondary N) is 1. The number of nitrogens with two attached hydrogens (primary N) is 1. The molecule has 0 radical (unpaired) electrons. The molecule has 0 aliphatic heterocycles. The van der Waals surface area contributed by atoms with Crippen LogP contribution in [0.25, 0.3) is 0 Å². The Balaban J connectivity index is 2.38. The highest BCUT2D eigenvalue weighted by Gasteiger charge is 2.05. The van der Waals surface area contributed by atoms with Crippen molar-refractivity contribution in [3.63, 3.8) is 0 Å². The number of halogens is 2. The van der Waals surface area contributed by atoms with Crippen molar-refractivity contribution in [2.45, 2.75) is 6.92 Å². The maximum Gasteiger partial charge on any atom is 0.125 e. The highest BCUT2D eigenvalue weighted by Crippen LogP contribution is 2.30. The number of benzene rings is 2. The molecule has 88 valence electrons. The van der Waals surface area contributed by atoms with Gasteiger partial charge in [-0.15, -0.1) is 0 Å². The summed E-state index contributed by atoms with van der Waals surface area (Å²) in [5.41, 5.74) is 8.74. The molecule has 0 saturated carbocycles. The molecule has 0 bridgehead atoms. The molecule has 4 heteroatoms. The molecular weight excluding hydrogens is 239 g/mol. The summed E-state index contributed by atoms with van der Waals surface area (Å²) in [7, 11) is 0. The van der Waals surface area contributed by atoms with Crippen LogP contribution in [0.4, 0.5) is 21.5 Å². The second-order valence-electron chi connectivity index (χ2n) is 3.79. The smallest absolute Gasteiger partial charge is 0.125 e. The van der Waals surface area contributed by atoms with Gasteiger partial charge in [-0.05, 0) is 36.8 Å². The third kappa shape index (κ3) is 2.50. The lowest BCUT2D eigenvalue weighted by molar-refractivity contribution is 0.628. The zero-order chi connectivity index (χ0) is 12.4. The third-order valence-electron chi connectivity index (χ3n) is 2.52. The van der Waals surface area contributed by atoms with Crippen molar-refractivity contribution in [1.82, 2.24) is 0 Å². The van der Waals surface area contributed by atoms with Gasteiger partial charge in [0.1, 0.15) is 5.82 Å². The number of hydrogen-bond acceptors (Lipinski definition) is 2. The number of hydrogen-bond donors (Lipinski definition) is 2. The van der Waals surface area contributed by atoms with E-state index in [1.807, 2.05) is 25.1 Å². The monoisotopic (exact) mass is 250 g/mol. The van der Waals surface area contributed by atoms with Crippen LogP contribution in [0.5, 0.6) is 0 Å². The largest absolute Gasteiger partial charge is 0.397 e. The number of nitrogen functional groups attached to an aromatic ring is 1. The average Bonchev–Trinajstić information content (AvgIpc) is 2.30. The van der Waals surface area contributed by atoms with Crippen LogP contribution in [-0.2, 0) is 0 Å². The van der Waals surface area contributed by atoms with Crippen molar-refractivity contribution in [2.75, 3.05) is 11.1 Å². The van der Waals surface area contributed by atoms with Crippen LogP contribution in [0.2, 0.25) is 5.02 Å². The minimum atomic E-state index is -0.344. The van der Waals surface area contributed by atoms with E-state index in [2.05, 4.69) is 5.32 Å². The lowest BCUT2D eigenvalue weighted by atomic mass is 10.1. The van der Waals surface area contributed by atoms with E-state index in [1.54, 1.807) is 0 Å². The molecule has 0 saturated heterocycles. The van der Waals surface area contributed by atoms with Crippen LogP contribution in [-0.4, -0.2) is 0 Å². The van der Waals surface area contributed by atoms with E-state index in [9.17, 15) is 4.39 Å². The van der Waals surface area contributed by atoms with E-state index in [0.29, 0.717) is 16.4 Å². The van der Waals surface area contributed by atoms with Crippen molar-refractivity contribution in [3.05, 3.63) is 52.8 Å². The SMILES string of the molecule is Cc1cccc(Nc2cc(F)ccc2Cl)c1N. The molecule has 2 aromatic rings. The fourth-order valence-corrected chi connectivity index (χ4v) is 1.69. The third-order valence-corrected chi connectivity index (χ3v) is 2.85. The molecule has 2 aromatic carbocycles. The Morgan fingerprint density at radius 3 is 2.71 bits per heavy atom. The van der Waals surface area contributed by atoms with Gasteiger partial charge >= 0.3 is 0 Å². The van der Waals surface area contributed by atoms with Crippen molar-refractivity contribution < 1.29 is 4.39 Å². The fourth-order valence-electron chi connectivity index (χ4n) is 1.53. The lowest BCUT2D eigenvalue weighted by Crippen LogP contribution is -1.99. The summed E-state index contributed by atoms with van der Waals surface area (Å²) in [6.45, 7) is 1.91. The molecule has 0 fully saturated rings. The first-order valence-corrected chi connectivity index (χ1v) is 5.53. The molecule has 2 rings (SSSR count). The number of anilines is 3. The average molecular weight is 251 g/mol. The maximum atomic E-state index is 13.1. The normalized spacial score (nSPS) is 10.3. The highest BCUT2D eigenvalue weighted by molar-refractivity contribution is 6.33. The Morgan fingerprint density at radius 2 is 1.94 bits per heavy atom. The van der Waals surface area contributed by atoms with Crippen LogP contribution < -0.4 is 11.1 Å². The van der Waals surface area contributed by atoms with Gasteiger partial charge in [0.2, 0.25) is 0 Å². The molecule has 0 aliphatic carbocycles. The topological polar surface area (TPSA) is 38.0 Å². The first-order valence-electron chi connectivity index (χ1n) is 5.15. The highest BCUT2D eigenvalue weighted by atomic mass is 35.5. The van der Waals surface area contributed by atoms with Gasteiger partial charge in [-0.1, -0.05) is 23.7 Å². The standard InChI is InChI=1S/C13H12ClFN2/c1-8-3-2-4-11(13(8)16)17-12-7-9(15)5-6-10(12)14/h2-7,17H,16H2,1H3. The van der Waals surface area contributed by atoms with Gasteiger partial charge in [-0.3, -0.25) is 0 Å². The van der Waals surface area contributed by atoms with Crippen molar-refractivity contribution in [1.29, 1.82) is 0 Å². The van der Waals surface area contributed by atoms with Crippen molar-refractivity contribution in [2.24, 2.45) is 0 Å². The molecule has 0 unspecified atom stereocenters. The molecule has 0 aliphatic rings. The quantitative estimate of drug-likeness (QED) is 0.787. The number of aryl methyl sites for hydroxylation is 1. The summed E-state index contributed by atoms with van der Waals surface area (Å²) >= 11 is 5.97. The Labute approximate surface area is 104 Å². The van der Waals surface area contributed by atoms with E-state index in [0.717, 1.165) is 11.3 Å². The summed E-state index contributed by atoms with van der Waals surface area (Å²) in [4.78, 5) is 0. The lowest BCUT2D eigenvalue weighted by Gasteiger charge is -2.12. The second-order valence-corrected chi connectivity index (χ2v) is 4.19. The van der Waals surface area contributed by atoms with Crippen LogP contribution in [0.3, 0.4) is 0 Å². The van der Waals surface area contributed by atoms with Gasteiger partial charge < -0.3 is 11.1 Å². The van der Waals surface area contributed by atoms with Gasteiger partial charge in [0.25, 0.3) is 0 Å². The molecule has 0 spiro atoms. The summed E-state index contributed by atoms with van der Waals surface area (Å²) in [6.07, 6.45) is 0.